The summed E-state index contributed by atoms with van der Waals surface area (Å²) in [7, 11) is 0. The highest BCUT2D eigenvalue weighted by molar-refractivity contribution is 14.1. The van der Waals surface area contributed by atoms with Crippen molar-refractivity contribution in [1.29, 1.82) is 0 Å². The summed E-state index contributed by atoms with van der Waals surface area (Å²) >= 11 is 2.27. The van der Waals surface area contributed by atoms with Gasteiger partial charge in [0.2, 0.25) is 0 Å². The normalized spacial score (nSPS) is 10.5. The van der Waals surface area contributed by atoms with E-state index in [0.717, 1.165) is 14.8 Å². The van der Waals surface area contributed by atoms with Crippen LogP contribution in [0.1, 0.15) is 0 Å². The maximum Gasteiger partial charge on any atom is 0.133 e. The van der Waals surface area contributed by atoms with Gasteiger partial charge in [-0.05, 0) is 22.6 Å². The first-order valence-electron chi connectivity index (χ1n) is 4.71. The number of aromatic nitrogens is 1. The SMILES string of the molecule is OCCNc1ncc(I)c2ccccc12. The summed E-state index contributed by atoms with van der Waals surface area (Å²) in [5, 5.41) is 14.1. The number of aliphatic hydroxyl groups excluding tert-OH is 1. The lowest BCUT2D eigenvalue weighted by Gasteiger charge is -2.08. The number of aliphatic hydroxyl groups is 1. The van der Waals surface area contributed by atoms with Crippen LogP contribution in [0.5, 0.6) is 0 Å². The highest BCUT2D eigenvalue weighted by atomic mass is 127. The highest BCUT2D eigenvalue weighted by Gasteiger charge is 2.03. The monoisotopic (exact) mass is 314 g/mol. The molecule has 2 N–H and O–H groups in total. The Balaban J connectivity index is 2.51. The predicted molar refractivity (Wildman–Crippen MR) is 70.0 cm³/mol. The Morgan fingerprint density at radius 1 is 1.27 bits per heavy atom. The predicted octanol–water partition coefficient (Wildman–Crippen LogP) is 2.24. The molecule has 0 unspecified atom stereocenters. The van der Waals surface area contributed by atoms with Gasteiger partial charge < -0.3 is 10.4 Å². The molecule has 4 heteroatoms. The second kappa shape index (κ2) is 4.76. The van der Waals surface area contributed by atoms with E-state index in [1.165, 1.54) is 5.39 Å². The lowest BCUT2D eigenvalue weighted by Crippen LogP contribution is -2.07. The van der Waals surface area contributed by atoms with Gasteiger partial charge in [0.25, 0.3) is 0 Å². The van der Waals surface area contributed by atoms with Gasteiger partial charge in [0.1, 0.15) is 5.82 Å². The molecule has 1 aromatic heterocycles. The van der Waals surface area contributed by atoms with Gasteiger partial charge in [0.05, 0.1) is 6.61 Å². The van der Waals surface area contributed by atoms with Crippen LogP contribution >= 0.6 is 22.6 Å². The van der Waals surface area contributed by atoms with E-state index in [-0.39, 0.29) is 6.61 Å². The fraction of sp³-hybridized carbons (Fsp3) is 0.182. The van der Waals surface area contributed by atoms with E-state index < -0.39 is 0 Å². The Morgan fingerprint density at radius 3 is 2.73 bits per heavy atom. The lowest BCUT2D eigenvalue weighted by atomic mass is 10.1. The molecule has 0 aliphatic carbocycles. The third kappa shape index (κ3) is 2.21. The van der Waals surface area contributed by atoms with Gasteiger partial charge >= 0.3 is 0 Å². The molecule has 1 aromatic carbocycles. The van der Waals surface area contributed by atoms with Gasteiger partial charge in [-0.15, -0.1) is 0 Å². The molecule has 2 aromatic rings. The van der Waals surface area contributed by atoms with E-state index in [2.05, 4.69) is 39.0 Å². The van der Waals surface area contributed by atoms with E-state index in [1.54, 1.807) is 0 Å². The summed E-state index contributed by atoms with van der Waals surface area (Å²) in [6, 6.07) is 8.11. The molecule has 0 saturated heterocycles. The molecule has 78 valence electrons. The average molecular weight is 314 g/mol. The summed E-state index contributed by atoms with van der Waals surface area (Å²) < 4.78 is 1.14. The van der Waals surface area contributed by atoms with Crippen LogP contribution in [-0.2, 0) is 0 Å². The van der Waals surface area contributed by atoms with Gasteiger partial charge in [-0.25, -0.2) is 4.98 Å². The van der Waals surface area contributed by atoms with Crippen molar-refractivity contribution in [2.45, 2.75) is 0 Å². The molecular weight excluding hydrogens is 303 g/mol. The first kappa shape index (κ1) is 10.6. The van der Waals surface area contributed by atoms with Crippen LogP contribution in [0.25, 0.3) is 10.8 Å². The second-order valence-corrected chi connectivity index (χ2v) is 4.31. The second-order valence-electron chi connectivity index (χ2n) is 3.15. The first-order chi connectivity index (χ1) is 7.33. The van der Waals surface area contributed by atoms with Gasteiger partial charge in [-0.2, -0.15) is 0 Å². The van der Waals surface area contributed by atoms with Crippen molar-refractivity contribution in [2.24, 2.45) is 0 Å². The molecule has 0 saturated carbocycles. The Labute approximate surface area is 102 Å². The standard InChI is InChI=1S/C11H11IN2O/c12-10-7-14-11(13-5-6-15)9-4-2-1-3-8(9)10/h1-4,7,15H,5-6H2,(H,13,14). The number of nitrogens with one attached hydrogen (secondary N) is 1. The molecule has 2 rings (SSSR count). The smallest absolute Gasteiger partial charge is 0.133 e. The fourth-order valence-corrected chi connectivity index (χ4v) is 2.08. The molecule has 0 bridgehead atoms. The molecule has 0 spiro atoms. The molecule has 0 radical (unpaired) electrons. The van der Waals surface area contributed by atoms with E-state index >= 15 is 0 Å². The fourth-order valence-electron chi connectivity index (χ4n) is 1.47. The van der Waals surface area contributed by atoms with Crippen molar-refractivity contribution in [3.8, 4) is 0 Å². The molecular formula is C11H11IN2O. The van der Waals surface area contributed by atoms with Crippen LogP contribution in [0.4, 0.5) is 5.82 Å². The molecule has 15 heavy (non-hydrogen) atoms. The number of hydrogen-bond donors (Lipinski definition) is 2. The van der Waals surface area contributed by atoms with Crippen molar-refractivity contribution < 1.29 is 5.11 Å². The average Bonchev–Trinajstić information content (AvgIpc) is 2.29. The van der Waals surface area contributed by atoms with E-state index in [4.69, 9.17) is 5.11 Å². The Kier molecular flexibility index (Phi) is 3.37. The number of nitrogens with zero attached hydrogens (tertiary/aromatic N) is 1. The Bertz CT molecular complexity index is 473. The zero-order chi connectivity index (χ0) is 10.7. The van der Waals surface area contributed by atoms with E-state index in [0.29, 0.717) is 6.54 Å². The van der Waals surface area contributed by atoms with Crippen LogP contribution < -0.4 is 5.32 Å². The number of hydrogen-bond acceptors (Lipinski definition) is 3. The Morgan fingerprint density at radius 2 is 2.00 bits per heavy atom. The molecule has 3 nitrogen and oxygen atoms in total. The zero-order valence-corrected chi connectivity index (χ0v) is 10.2. The third-order valence-corrected chi connectivity index (χ3v) is 3.01. The van der Waals surface area contributed by atoms with Crippen molar-refractivity contribution in [3.63, 3.8) is 0 Å². The number of anilines is 1. The number of rotatable bonds is 3. The summed E-state index contributed by atoms with van der Waals surface area (Å²) in [5.41, 5.74) is 0. The van der Waals surface area contributed by atoms with Crippen molar-refractivity contribution >= 4 is 39.2 Å². The molecule has 0 aliphatic rings. The maximum absolute atomic E-state index is 8.76. The summed E-state index contributed by atoms with van der Waals surface area (Å²) in [6.07, 6.45) is 1.84. The number of pyridine rings is 1. The molecule has 1 heterocycles. The van der Waals surface area contributed by atoms with Crippen molar-refractivity contribution in [2.75, 3.05) is 18.5 Å². The van der Waals surface area contributed by atoms with Crippen LogP contribution in [0.2, 0.25) is 0 Å². The topological polar surface area (TPSA) is 45.1 Å². The minimum atomic E-state index is 0.113. The zero-order valence-electron chi connectivity index (χ0n) is 8.07. The summed E-state index contributed by atoms with van der Waals surface area (Å²) in [5.74, 6) is 0.833. The number of halogens is 1. The van der Waals surface area contributed by atoms with E-state index in [1.807, 2.05) is 24.4 Å². The minimum absolute atomic E-state index is 0.113. The minimum Gasteiger partial charge on any atom is -0.395 e. The van der Waals surface area contributed by atoms with Gasteiger partial charge in [-0.1, -0.05) is 24.3 Å². The molecule has 0 amide bonds. The maximum atomic E-state index is 8.76. The Hall–Kier alpha value is -0.880. The highest BCUT2D eigenvalue weighted by Crippen LogP contribution is 2.24. The van der Waals surface area contributed by atoms with Crippen LogP contribution in [0, 0.1) is 3.57 Å². The van der Waals surface area contributed by atoms with Crippen molar-refractivity contribution in [3.05, 3.63) is 34.0 Å². The van der Waals surface area contributed by atoms with Crippen LogP contribution in [0.15, 0.2) is 30.5 Å². The van der Waals surface area contributed by atoms with E-state index in [9.17, 15) is 0 Å². The number of benzene rings is 1. The quantitative estimate of drug-likeness (QED) is 0.854. The number of fused-ring (bicyclic) bond motifs is 1. The lowest BCUT2D eigenvalue weighted by molar-refractivity contribution is 0.311. The van der Waals surface area contributed by atoms with Gasteiger partial charge in [-0.3, -0.25) is 0 Å². The summed E-state index contributed by atoms with van der Waals surface area (Å²) in [6.45, 7) is 0.638. The van der Waals surface area contributed by atoms with Crippen molar-refractivity contribution in [1.82, 2.24) is 4.98 Å². The first-order valence-corrected chi connectivity index (χ1v) is 5.79. The van der Waals surface area contributed by atoms with Crippen LogP contribution in [0.3, 0.4) is 0 Å². The van der Waals surface area contributed by atoms with Gasteiger partial charge in [0.15, 0.2) is 0 Å². The molecule has 0 fully saturated rings. The van der Waals surface area contributed by atoms with Crippen LogP contribution in [-0.4, -0.2) is 23.2 Å². The summed E-state index contributed by atoms with van der Waals surface area (Å²) in [4.78, 5) is 4.31. The molecule has 0 aliphatic heterocycles. The van der Waals surface area contributed by atoms with Gasteiger partial charge in [0, 0.05) is 27.1 Å². The third-order valence-electron chi connectivity index (χ3n) is 2.15. The largest absolute Gasteiger partial charge is 0.395 e. The molecule has 0 atom stereocenters.